The van der Waals surface area contributed by atoms with Crippen LogP contribution in [0.1, 0.15) is 41.5 Å². The van der Waals surface area contributed by atoms with E-state index in [1.165, 1.54) is 24.0 Å². The maximum atomic E-state index is 6.18. The van der Waals surface area contributed by atoms with Crippen LogP contribution in [-0.4, -0.2) is 9.78 Å². The van der Waals surface area contributed by atoms with Gasteiger partial charge >= 0.3 is 0 Å². The summed E-state index contributed by atoms with van der Waals surface area (Å²) in [4.78, 5) is 0. The van der Waals surface area contributed by atoms with Crippen LogP contribution >= 0.6 is 15.9 Å². The van der Waals surface area contributed by atoms with Gasteiger partial charge in [-0.05, 0) is 53.2 Å². The molecule has 20 heavy (non-hydrogen) atoms. The molecule has 1 aliphatic rings. The molecule has 0 N–H and O–H groups in total. The van der Waals surface area contributed by atoms with Gasteiger partial charge in [0.25, 0.3) is 0 Å². The maximum Gasteiger partial charge on any atom is 0.0904 e. The highest BCUT2D eigenvalue weighted by Crippen LogP contribution is 2.33. The quantitative estimate of drug-likeness (QED) is 0.845. The smallest absolute Gasteiger partial charge is 0.0904 e. The monoisotopic (exact) mass is 334 g/mol. The zero-order valence-corrected chi connectivity index (χ0v) is 13.5. The Labute approximate surface area is 128 Å². The summed E-state index contributed by atoms with van der Waals surface area (Å²) >= 11 is 3.59. The SMILES string of the molecule is Cc1nn(C)c(COC2CCCc3ccccc32)c1Br. The summed E-state index contributed by atoms with van der Waals surface area (Å²) in [5.74, 6) is 0. The molecular formula is C16H19BrN2O. The second-order valence-electron chi connectivity index (χ2n) is 5.36. The number of ether oxygens (including phenoxy) is 1. The summed E-state index contributed by atoms with van der Waals surface area (Å²) in [6.07, 6.45) is 3.69. The van der Waals surface area contributed by atoms with Crippen molar-refractivity contribution < 1.29 is 4.74 Å². The molecule has 0 saturated carbocycles. The number of nitrogens with zero attached hydrogens (tertiary/aromatic N) is 2. The molecule has 1 aromatic heterocycles. The van der Waals surface area contributed by atoms with Crippen molar-refractivity contribution in [3.8, 4) is 0 Å². The number of benzene rings is 1. The van der Waals surface area contributed by atoms with Gasteiger partial charge in [0.1, 0.15) is 0 Å². The van der Waals surface area contributed by atoms with Crippen molar-refractivity contribution in [3.63, 3.8) is 0 Å². The van der Waals surface area contributed by atoms with Gasteiger partial charge in [-0.2, -0.15) is 5.10 Å². The van der Waals surface area contributed by atoms with Crippen LogP contribution in [0.25, 0.3) is 0 Å². The van der Waals surface area contributed by atoms with Gasteiger partial charge in [0.2, 0.25) is 0 Å². The first-order valence-electron chi connectivity index (χ1n) is 7.04. The lowest BCUT2D eigenvalue weighted by atomic mass is 9.89. The molecule has 2 aromatic rings. The molecule has 0 amide bonds. The van der Waals surface area contributed by atoms with E-state index in [1.54, 1.807) is 0 Å². The Hall–Kier alpha value is -1.13. The Bertz CT molecular complexity index is 621. The van der Waals surface area contributed by atoms with Gasteiger partial charge in [-0.1, -0.05) is 24.3 Å². The second-order valence-corrected chi connectivity index (χ2v) is 6.15. The zero-order valence-electron chi connectivity index (χ0n) is 11.9. The summed E-state index contributed by atoms with van der Waals surface area (Å²) < 4.78 is 9.14. The fourth-order valence-corrected chi connectivity index (χ4v) is 3.35. The molecule has 0 aliphatic heterocycles. The van der Waals surface area contributed by atoms with Crippen molar-refractivity contribution in [2.24, 2.45) is 7.05 Å². The van der Waals surface area contributed by atoms with Crippen LogP contribution < -0.4 is 0 Å². The molecule has 1 heterocycles. The van der Waals surface area contributed by atoms with E-state index in [0.717, 1.165) is 22.3 Å². The van der Waals surface area contributed by atoms with E-state index >= 15 is 0 Å². The summed E-state index contributed by atoms with van der Waals surface area (Å²) in [5.41, 5.74) is 4.90. The normalized spacial score (nSPS) is 18.1. The molecule has 0 radical (unpaired) electrons. The molecular weight excluding hydrogens is 316 g/mol. The molecule has 1 aliphatic carbocycles. The third-order valence-electron chi connectivity index (χ3n) is 4.00. The average molecular weight is 335 g/mol. The average Bonchev–Trinajstić information content (AvgIpc) is 2.70. The number of hydrogen-bond acceptors (Lipinski definition) is 2. The predicted octanol–water partition coefficient (Wildman–Crippen LogP) is 4.09. The van der Waals surface area contributed by atoms with Crippen molar-refractivity contribution in [1.29, 1.82) is 0 Å². The third kappa shape index (κ3) is 2.54. The third-order valence-corrected chi connectivity index (χ3v) is 5.03. The summed E-state index contributed by atoms with van der Waals surface area (Å²) in [6, 6.07) is 8.63. The van der Waals surface area contributed by atoms with E-state index in [2.05, 4.69) is 45.3 Å². The fourth-order valence-electron chi connectivity index (χ4n) is 2.90. The standard InChI is InChI=1S/C16H19BrN2O/c1-11-16(17)14(19(2)18-11)10-20-15-9-5-7-12-6-3-4-8-13(12)15/h3-4,6,8,15H,5,7,9-10H2,1-2H3. The first kappa shape index (κ1) is 13.8. The van der Waals surface area contributed by atoms with E-state index in [1.807, 2.05) is 18.7 Å². The van der Waals surface area contributed by atoms with Crippen molar-refractivity contribution in [3.05, 3.63) is 51.3 Å². The van der Waals surface area contributed by atoms with Crippen molar-refractivity contribution >= 4 is 15.9 Å². The highest BCUT2D eigenvalue weighted by Gasteiger charge is 2.21. The molecule has 4 heteroatoms. The van der Waals surface area contributed by atoms with Crippen LogP contribution in [0.15, 0.2) is 28.7 Å². The Morgan fingerprint density at radius 1 is 1.40 bits per heavy atom. The molecule has 1 aromatic carbocycles. The maximum absolute atomic E-state index is 6.18. The number of aromatic nitrogens is 2. The molecule has 0 bridgehead atoms. The topological polar surface area (TPSA) is 27.1 Å². The lowest BCUT2D eigenvalue weighted by Crippen LogP contribution is -2.13. The van der Waals surface area contributed by atoms with Gasteiger partial charge in [0.05, 0.1) is 28.6 Å². The van der Waals surface area contributed by atoms with E-state index < -0.39 is 0 Å². The zero-order chi connectivity index (χ0) is 14.1. The molecule has 0 saturated heterocycles. The van der Waals surface area contributed by atoms with Gasteiger partial charge < -0.3 is 4.74 Å². The lowest BCUT2D eigenvalue weighted by Gasteiger charge is -2.25. The summed E-state index contributed by atoms with van der Waals surface area (Å²) in [6.45, 7) is 2.60. The number of hydrogen-bond donors (Lipinski definition) is 0. The highest BCUT2D eigenvalue weighted by atomic mass is 79.9. The van der Waals surface area contributed by atoms with Crippen molar-refractivity contribution in [2.75, 3.05) is 0 Å². The van der Waals surface area contributed by atoms with Crippen molar-refractivity contribution in [1.82, 2.24) is 9.78 Å². The predicted molar refractivity (Wildman–Crippen MR) is 82.6 cm³/mol. The Morgan fingerprint density at radius 2 is 2.20 bits per heavy atom. The van der Waals surface area contributed by atoms with Crippen LogP contribution in [0.5, 0.6) is 0 Å². The van der Waals surface area contributed by atoms with Gasteiger partial charge in [0, 0.05) is 7.05 Å². The van der Waals surface area contributed by atoms with Crippen LogP contribution in [-0.2, 0) is 24.8 Å². The van der Waals surface area contributed by atoms with Crippen molar-refractivity contribution in [2.45, 2.75) is 38.9 Å². The molecule has 3 nitrogen and oxygen atoms in total. The first-order chi connectivity index (χ1) is 9.66. The Morgan fingerprint density at radius 3 is 2.95 bits per heavy atom. The molecule has 3 rings (SSSR count). The van der Waals surface area contributed by atoms with Crippen LogP contribution in [0.2, 0.25) is 0 Å². The van der Waals surface area contributed by atoms with Gasteiger partial charge in [-0.25, -0.2) is 0 Å². The fraction of sp³-hybridized carbons (Fsp3) is 0.438. The Kier molecular flexibility index (Phi) is 3.94. The molecule has 1 atom stereocenters. The van der Waals surface area contributed by atoms with E-state index in [4.69, 9.17) is 4.74 Å². The number of fused-ring (bicyclic) bond motifs is 1. The van der Waals surface area contributed by atoms with Gasteiger partial charge in [-0.15, -0.1) is 0 Å². The number of rotatable bonds is 3. The number of aryl methyl sites for hydroxylation is 3. The molecule has 0 spiro atoms. The first-order valence-corrected chi connectivity index (χ1v) is 7.83. The minimum atomic E-state index is 0.210. The molecule has 106 valence electrons. The van der Waals surface area contributed by atoms with Gasteiger partial charge in [0.15, 0.2) is 0 Å². The van der Waals surface area contributed by atoms with Crippen LogP contribution in [0.4, 0.5) is 0 Å². The lowest BCUT2D eigenvalue weighted by molar-refractivity contribution is 0.0246. The van der Waals surface area contributed by atoms with Crippen LogP contribution in [0.3, 0.4) is 0 Å². The minimum Gasteiger partial charge on any atom is -0.367 e. The molecule has 0 fully saturated rings. The van der Waals surface area contributed by atoms with E-state index in [-0.39, 0.29) is 6.10 Å². The second kappa shape index (κ2) is 5.70. The minimum absolute atomic E-state index is 0.210. The molecule has 1 unspecified atom stereocenters. The highest BCUT2D eigenvalue weighted by molar-refractivity contribution is 9.10. The van der Waals surface area contributed by atoms with Crippen LogP contribution in [0, 0.1) is 6.92 Å². The Balaban J connectivity index is 1.77. The van der Waals surface area contributed by atoms with E-state index in [9.17, 15) is 0 Å². The summed E-state index contributed by atoms with van der Waals surface area (Å²) in [7, 11) is 1.96. The van der Waals surface area contributed by atoms with E-state index in [0.29, 0.717) is 6.61 Å². The van der Waals surface area contributed by atoms with Gasteiger partial charge in [-0.3, -0.25) is 4.68 Å². The number of halogens is 1. The summed E-state index contributed by atoms with van der Waals surface area (Å²) in [5, 5.41) is 4.41. The largest absolute Gasteiger partial charge is 0.367 e.